The molecule has 6 heteroatoms. The van der Waals surface area contributed by atoms with Gasteiger partial charge in [-0.1, -0.05) is 23.7 Å². The molecule has 136 valence electrons. The van der Waals surface area contributed by atoms with Gasteiger partial charge in [-0.25, -0.2) is 0 Å². The van der Waals surface area contributed by atoms with Crippen LogP contribution in [0, 0.1) is 5.92 Å². The number of carbonyl (C=O) groups excluding carboxylic acids is 2. The summed E-state index contributed by atoms with van der Waals surface area (Å²) in [5.41, 5.74) is 2.88. The fourth-order valence-electron chi connectivity index (χ4n) is 3.02. The second-order valence-corrected chi connectivity index (χ2v) is 7.02. The first kappa shape index (κ1) is 18.3. The van der Waals surface area contributed by atoms with Gasteiger partial charge in [0, 0.05) is 43.6 Å². The van der Waals surface area contributed by atoms with E-state index < -0.39 is 5.92 Å². The molecule has 0 aromatic heterocycles. The lowest BCUT2D eigenvalue weighted by atomic mass is 10.1. The van der Waals surface area contributed by atoms with Crippen molar-refractivity contribution in [2.45, 2.75) is 13.0 Å². The largest absolute Gasteiger partial charge is 0.378 e. The molecular formula is C20H22ClN3O2. The molecule has 1 aliphatic heterocycles. The highest BCUT2D eigenvalue weighted by atomic mass is 35.5. The van der Waals surface area contributed by atoms with E-state index in [-0.39, 0.29) is 11.8 Å². The zero-order valence-corrected chi connectivity index (χ0v) is 15.7. The molecule has 1 saturated heterocycles. The Hall–Kier alpha value is -2.53. The molecular weight excluding hydrogens is 350 g/mol. The van der Waals surface area contributed by atoms with E-state index in [0.29, 0.717) is 24.5 Å². The van der Waals surface area contributed by atoms with E-state index in [4.69, 9.17) is 11.6 Å². The zero-order valence-electron chi connectivity index (χ0n) is 14.9. The van der Waals surface area contributed by atoms with Gasteiger partial charge >= 0.3 is 0 Å². The Morgan fingerprint density at radius 1 is 1.15 bits per heavy atom. The molecule has 2 aromatic carbocycles. The van der Waals surface area contributed by atoms with E-state index in [1.807, 2.05) is 43.3 Å². The third-order valence-electron chi connectivity index (χ3n) is 4.58. The molecule has 1 atom stereocenters. The van der Waals surface area contributed by atoms with Crippen molar-refractivity contribution in [2.24, 2.45) is 5.92 Å². The van der Waals surface area contributed by atoms with E-state index in [1.165, 1.54) is 0 Å². The van der Waals surface area contributed by atoms with Crippen LogP contribution in [0.2, 0.25) is 5.02 Å². The van der Waals surface area contributed by atoms with Gasteiger partial charge in [-0.05, 0) is 48.4 Å². The molecule has 0 spiro atoms. The number of nitrogens with one attached hydrogen (secondary N) is 1. The average Bonchev–Trinajstić information content (AvgIpc) is 3.02. The van der Waals surface area contributed by atoms with Crippen LogP contribution in [-0.4, -0.2) is 32.5 Å². The van der Waals surface area contributed by atoms with Gasteiger partial charge in [0.15, 0.2) is 0 Å². The Labute approximate surface area is 158 Å². The monoisotopic (exact) mass is 371 g/mol. The molecule has 0 aliphatic carbocycles. The Kier molecular flexibility index (Phi) is 5.47. The number of amides is 2. The number of rotatable bonds is 5. The van der Waals surface area contributed by atoms with Crippen molar-refractivity contribution in [3.63, 3.8) is 0 Å². The van der Waals surface area contributed by atoms with Crippen LogP contribution in [-0.2, 0) is 16.1 Å². The second-order valence-electron chi connectivity index (χ2n) is 6.59. The topological polar surface area (TPSA) is 52.7 Å². The Morgan fingerprint density at radius 2 is 1.81 bits per heavy atom. The summed E-state index contributed by atoms with van der Waals surface area (Å²) < 4.78 is 0. The fourth-order valence-corrected chi connectivity index (χ4v) is 3.15. The van der Waals surface area contributed by atoms with Gasteiger partial charge in [0.2, 0.25) is 11.8 Å². The molecule has 1 fully saturated rings. The number of halogens is 1. The lowest BCUT2D eigenvalue weighted by molar-refractivity contribution is -0.132. The standard InChI is InChI=1S/C20H22ClN3O2/c1-23(2)16-7-3-14(4-8-16)13-22-19(25)18-11-12-24(20(18)26)17-9-5-15(21)6-10-17/h3-10,18H,11-13H2,1-2H3,(H,22,25)/t18-/m0/s1. The van der Waals surface area contributed by atoms with Crippen LogP contribution >= 0.6 is 11.6 Å². The quantitative estimate of drug-likeness (QED) is 0.822. The Bertz CT molecular complexity index is 788. The summed E-state index contributed by atoms with van der Waals surface area (Å²) in [6, 6.07) is 15.1. The normalized spacial score (nSPS) is 16.7. The van der Waals surface area contributed by atoms with Crippen LogP contribution in [0.15, 0.2) is 48.5 Å². The summed E-state index contributed by atoms with van der Waals surface area (Å²) in [7, 11) is 3.96. The summed E-state index contributed by atoms with van der Waals surface area (Å²) in [4.78, 5) is 28.7. The minimum Gasteiger partial charge on any atom is -0.378 e. The molecule has 2 aromatic rings. The molecule has 3 rings (SSSR count). The van der Waals surface area contributed by atoms with Crippen LogP contribution in [0.5, 0.6) is 0 Å². The third-order valence-corrected chi connectivity index (χ3v) is 4.83. The molecule has 5 nitrogen and oxygen atoms in total. The Balaban J connectivity index is 1.58. The molecule has 2 amide bonds. The summed E-state index contributed by atoms with van der Waals surface area (Å²) in [6.07, 6.45) is 0.521. The van der Waals surface area contributed by atoms with E-state index in [9.17, 15) is 9.59 Å². The van der Waals surface area contributed by atoms with Gasteiger partial charge in [-0.3, -0.25) is 9.59 Å². The van der Waals surface area contributed by atoms with Gasteiger partial charge in [0.05, 0.1) is 0 Å². The second kappa shape index (κ2) is 7.79. The van der Waals surface area contributed by atoms with Gasteiger partial charge in [0.25, 0.3) is 0 Å². The van der Waals surface area contributed by atoms with Gasteiger partial charge in [0.1, 0.15) is 5.92 Å². The molecule has 0 radical (unpaired) electrons. The number of anilines is 2. The van der Waals surface area contributed by atoms with Crippen molar-refractivity contribution >= 4 is 34.8 Å². The molecule has 1 heterocycles. The predicted molar refractivity (Wildman–Crippen MR) is 105 cm³/mol. The lowest BCUT2D eigenvalue weighted by Gasteiger charge is -2.17. The van der Waals surface area contributed by atoms with Gasteiger partial charge in [-0.2, -0.15) is 0 Å². The highest BCUT2D eigenvalue weighted by Crippen LogP contribution is 2.26. The van der Waals surface area contributed by atoms with Crippen molar-refractivity contribution in [3.05, 3.63) is 59.1 Å². The van der Waals surface area contributed by atoms with Crippen molar-refractivity contribution in [3.8, 4) is 0 Å². The first-order valence-electron chi connectivity index (χ1n) is 8.56. The fraction of sp³-hybridized carbons (Fsp3) is 0.300. The zero-order chi connectivity index (χ0) is 18.7. The highest BCUT2D eigenvalue weighted by Gasteiger charge is 2.37. The first-order chi connectivity index (χ1) is 12.5. The number of hydrogen-bond donors (Lipinski definition) is 1. The van der Waals surface area contributed by atoms with Crippen molar-refractivity contribution in [1.29, 1.82) is 0 Å². The van der Waals surface area contributed by atoms with Crippen LogP contribution in [0.3, 0.4) is 0 Å². The summed E-state index contributed by atoms with van der Waals surface area (Å²) in [6.45, 7) is 0.952. The van der Waals surface area contributed by atoms with Crippen molar-refractivity contribution < 1.29 is 9.59 Å². The maximum atomic E-state index is 12.6. The van der Waals surface area contributed by atoms with Crippen molar-refractivity contribution in [1.82, 2.24) is 5.32 Å². The van der Waals surface area contributed by atoms with E-state index >= 15 is 0 Å². The van der Waals surface area contributed by atoms with Crippen LogP contribution < -0.4 is 15.1 Å². The molecule has 0 bridgehead atoms. The highest BCUT2D eigenvalue weighted by molar-refractivity contribution is 6.30. The lowest BCUT2D eigenvalue weighted by Crippen LogP contribution is -2.36. The number of benzene rings is 2. The summed E-state index contributed by atoms with van der Waals surface area (Å²) >= 11 is 5.89. The minimum absolute atomic E-state index is 0.159. The van der Waals surface area contributed by atoms with Crippen LogP contribution in [0.4, 0.5) is 11.4 Å². The van der Waals surface area contributed by atoms with Gasteiger partial charge < -0.3 is 15.1 Å². The third kappa shape index (κ3) is 3.99. The van der Waals surface area contributed by atoms with E-state index in [0.717, 1.165) is 16.9 Å². The summed E-state index contributed by atoms with van der Waals surface area (Å²) in [5.74, 6) is -1.01. The maximum Gasteiger partial charge on any atom is 0.239 e. The number of hydrogen-bond acceptors (Lipinski definition) is 3. The van der Waals surface area contributed by atoms with E-state index in [1.54, 1.807) is 29.2 Å². The van der Waals surface area contributed by atoms with Crippen molar-refractivity contribution in [2.75, 3.05) is 30.4 Å². The molecule has 26 heavy (non-hydrogen) atoms. The Morgan fingerprint density at radius 3 is 2.42 bits per heavy atom. The van der Waals surface area contributed by atoms with E-state index in [2.05, 4.69) is 5.32 Å². The smallest absolute Gasteiger partial charge is 0.239 e. The maximum absolute atomic E-state index is 12.6. The first-order valence-corrected chi connectivity index (χ1v) is 8.94. The van der Waals surface area contributed by atoms with Gasteiger partial charge in [-0.15, -0.1) is 0 Å². The SMILES string of the molecule is CN(C)c1ccc(CNC(=O)[C@@H]2CCN(c3ccc(Cl)cc3)C2=O)cc1. The number of nitrogens with zero attached hydrogens (tertiary/aromatic N) is 2. The number of carbonyl (C=O) groups is 2. The molecule has 1 N–H and O–H groups in total. The van der Waals surface area contributed by atoms with Crippen LogP contribution in [0.25, 0.3) is 0 Å². The minimum atomic E-state index is -0.633. The van der Waals surface area contributed by atoms with Crippen LogP contribution in [0.1, 0.15) is 12.0 Å². The predicted octanol–water partition coefficient (Wildman–Crippen LogP) is 3.08. The molecule has 1 aliphatic rings. The summed E-state index contributed by atoms with van der Waals surface area (Å²) in [5, 5.41) is 3.50. The molecule has 0 unspecified atom stereocenters. The molecule has 0 saturated carbocycles. The average molecular weight is 372 g/mol.